The molecular formula is C16H24BrN3OS. The minimum absolute atomic E-state index is 0.144. The van der Waals surface area contributed by atoms with E-state index >= 15 is 0 Å². The molecule has 1 aliphatic rings. The summed E-state index contributed by atoms with van der Waals surface area (Å²) >= 11 is 5.12. The monoisotopic (exact) mass is 385 g/mol. The molecule has 4 nitrogen and oxygen atoms in total. The molecule has 1 aromatic rings. The van der Waals surface area contributed by atoms with E-state index < -0.39 is 0 Å². The molecule has 2 rings (SSSR count). The van der Waals surface area contributed by atoms with Crippen molar-refractivity contribution >= 4 is 33.6 Å². The van der Waals surface area contributed by atoms with Crippen LogP contribution in [0.4, 0.5) is 0 Å². The molecule has 1 aliphatic heterocycles. The molecule has 122 valence electrons. The van der Waals surface area contributed by atoms with Crippen LogP contribution in [0.3, 0.4) is 0 Å². The second-order valence-electron chi connectivity index (χ2n) is 6.53. The zero-order chi connectivity index (χ0) is 16.2. The van der Waals surface area contributed by atoms with E-state index in [1.165, 1.54) is 0 Å². The van der Waals surface area contributed by atoms with Crippen LogP contribution in [-0.4, -0.2) is 57.4 Å². The lowest BCUT2D eigenvalue weighted by molar-refractivity contribution is -0.130. The fourth-order valence-corrected chi connectivity index (χ4v) is 3.23. The molecule has 22 heavy (non-hydrogen) atoms. The third-order valence-electron chi connectivity index (χ3n) is 3.53. The molecule has 0 unspecified atom stereocenters. The van der Waals surface area contributed by atoms with Crippen LogP contribution in [0.25, 0.3) is 0 Å². The first kappa shape index (κ1) is 17.8. The number of hydrogen-bond donors (Lipinski definition) is 0. The van der Waals surface area contributed by atoms with E-state index in [2.05, 4.69) is 46.6 Å². The average Bonchev–Trinajstić information content (AvgIpc) is 2.47. The van der Waals surface area contributed by atoms with E-state index in [1.807, 2.05) is 23.2 Å². The van der Waals surface area contributed by atoms with Gasteiger partial charge in [-0.1, -0.05) is 20.8 Å². The van der Waals surface area contributed by atoms with Gasteiger partial charge in [-0.3, -0.25) is 14.7 Å². The van der Waals surface area contributed by atoms with E-state index in [-0.39, 0.29) is 10.7 Å². The van der Waals surface area contributed by atoms with E-state index in [1.54, 1.807) is 11.8 Å². The Morgan fingerprint density at radius 2 is 1.95 bits per heavy atom. The largest absolute Gasteiger partial charge is 0.339 e. The zero-order valence-corrected chi connectivity index (χ0v) is 15.9. The number of halogens is 1. The van der Waals surface area contributed by atoms with Gasteiger partial charge in [-0.05, 0) is 28.1 Å². The quantitative estimate of drug-likeness (QED) is 0.797. The Kier molecular flexibility index (Phi) is 6.29. The van der Waals surface area contributed by atoms with Gasteiger partial charge in [0.2, 0.25) is 5.91 Å². The summed E-state index contributed by atoms with van der Waals surface area (Å²) in [5, 5.41) is 0. The number of aromatic nitrogens is 1. The van der Waals surface area contributed by atoms with Crippen molar-refractivity contribution in [1.29, 1.82) is 0 Å². The molecule has 1 fully saturated rings. The lowest BCUT2D eigenvalue weighted by atomic mass is 10.2. The number of amides is 1. The molecule has 0 aromatic carbocycles. The van der Waals surface area contributed by atoms with E-state index in [9.17, 15) is 4.79 Å². The maximum atomic E-state index is 12.2. The van der Waals surface area contributed by atoms with Gasteiger partial charge in [-0.2, -0.15) is 0 Å². The SMILES string of the molecule is CC(C)(C)SCC(=O)N1CCN(Cc2ccc(Br)cn2)CC1. The molecule has 1 saturated heterocycles. The van der Waals surface area contributed by atoms with Crippen molar-refractivity contribution in [2.24, 2.45) is 0 Å². The molecule has 1 amide bonds. The molecule has 0 saturated carbocycles. The van der Waals surface area contributed by atoms with Gasteiger partial charge in [0.1, 0.15) is 0 Å². The van der Waals surface area contributed by atoms with Gasteiger partial charge in [0, 0.05) is 48.1 Å². The highest BCUT2D eigenvalue weighted by Crippen LogP contribution is 2.23. The number of carbonyl (C=O) groups is 1. The highest BCUT2D eigenvalue weighted by atomic mass is 79.9. The fraction of sp³-hybridized carbons (Fsp3) is 0.625. The van der Waals surface area contributed by atoms with Gasteiger partial charge in [0.05, 0.1) is 11.4 Å². The first-order valence-electron chi connectivity index (χ1n) is 7.58. The fourth-order valence-electron chi connectivity index (χ4n) is 2.25. The van der Waals surface area contributed by atoms with Crippen LogP contribution in [0.1, 0.15) is 26.5 Å². The van der Waals surface area contributed by atoms with E-state index in [0.29, 0.717) is 5.75 Å². The summed E-state index contributed by atoms with van der Waals surface area (Å²) in [6.45, 7) is 10.8. The van der Waals surface area contributed by atoms with Crippen LogP contribution in [-0.2, 0) is 11.3 Å². The first-order chi connectivity index (χ1) is 10.3. The number of thioether (sulfide) groups is 1. The van der Waals surface area contributed by atoms with Crippen LogP contribution >= 0.6 is 27.7 Å². The zero-order valence-electron chi connectivity index (χ0n) is 13.5. The second kappa shape index (κ2) is 7.79. The Hall–Kier alpha value is -0.590. The maximum Gasteiger partial charge on any atom is 0.232 e. The van der Waals surface area contributed by atoms with Crippen LogP contribution in [0.15, 0.2) is 22.8 Å². The highest BCUT2D eigenvalue weighted by molar-refractivity contribution is 9.10. The van der Waals surface area contributed by atoms with Crippen molar-refractivity contribution in [2.45, 2.75) is 32.1 Å². The third kappa shape index (κ3) is 5.89. The minimum atomic E-state index is 0.144. The van der Waals surface area contributed by atoms with E-state index in [0.717, 1.165) is 42.9 Å². The standard InChI is InChI=1S/C16H24BrN3OS/c1-16(2,3)22-12-15(21)20-8-6-19(7-9-20)11-14-5-4-13(17)10-18-14/h4-5,10H,6-9,11-12H2,1-3H3. The summed E-state index contributed by atoms with van der Waals surface area (Å²) in [4.78, 5) is 21.0. The number of nitrogens with zero attached hydrogens (tertiary/aromatic N) is 3. The third-order valence-corrected chi connectivity index (χ3v) is 5.25. The number of pyridine rings is 1. The van der Waals surface area contributed by atoms with Crippen molar-refractivity contribution < 1.29 is 4.79 Å². The van der Waals surface area contributed by atoms with Crippen LogP contribution in [0, 0.1) is 0 Å². The Labute approximate surface area is 145 Å². The Morgan fingerprint density at radius 3 is 2.50 bits per heavy atom. The second-order valence-corrected chi connectivity index (χ2v) is 9.24. The van der Waals surface area contributed by atoms with E-state index in [4.69, 9.17) is 0 Å². The molecule has 0 N–H and O–H groups in total. The topological polar surface area (TPSA) is 36.4 Å². The molecule has 0 bridgehead atoms. The Balaban J connectivity index is 1.75. The van der Waals surface area contributed by atoms with Crippen molar-refractivity contribution in [3.63, 3.8) is 0 Å². The van der Waals surface area contributed by atoms with Gasteiger partial charge >= 0.3 is 0 Å². The summed E-state index contributed by atoms with van der Waals surface area (Å²) in [7, 11) is 0. The molecule has 0 atom stereocenters. The van der Waals surface area contributed by atoms with Crippen molar-refractivity contribution in [3.8, 4) is 0 Å². The van der Waals surface area contributed by atoms with Gasteiger partial charge in [-0.25, -0.2) is 0 Å². The molecule has 6 heteroatoms. The number of rotatable bonds is 4. The van der Waals surface area contributed by atoms with Gasteiger partial charge in [0.15, 0.2) is 0 Å². The number of hydrogen-bond acceptors (Lipinski definition) is 4. The lowest BCUT2D eigenvalue weighted by Gasteiger charge is -2.35. The lowest BCUT2D eigenvalue weighted by Crippen LogP contribution is -2.49. The summed E-state index contributed by atoms with van der Waals surface area (Å²) in [6.07, 6.45) is 1.83. The predicted molar refractivity (Wildman–Crippen MR) is 96.0 cm³/mol. The number of carbonyl (C=O) groups excluding carboxylic acids is 1. The smallest absolute Gasteiger partial charge is 0.232 e. The first-order valence-corrected chi connectivity index (χ1v) is 9.36. The molecule has 0 spiro atoms. The van der Waals surface area contributed by atoms with Crippen molar-refractivity contribution in [1.82, 2.24) is 14.8 Å². The Morgan fingerprint density at radius 1 is 1.27 bits per heavy atom. The van der Waals surface area contributed by atoms with Crippen LogP contribution in [0.2, 0.25) is 0 Å². The Bertz CT molecular complexity index is 493. The van der Waals surface area contributed by atoms with Crippen molar-refractivity contribution in [2.75, 3.05) is 31.9 Å². The maximum absolute atomic E-state index is 12.2. The van der Waals surface area contributed by atoms with Crippen molar-refractivity contribution in [3.05, 3.63) is 28.5 Å². The van der Waals surface area contributed by atoms with Gasteiger partial charge < -0.3 is 4.90 Å². The summed E-state index contributed by atoms with van der Waals surface area (Å²) < 4.78 is 1.15. The van der Waals surface area contributed by atoms with Crippen LogP contribution in [0.5, 0.6) is 0 Å². The summed E-state index contributed by atoms with van der Waals surface area (Å²) in [5.74, 6) is 0.846. The summed E-state index contributed by atoms with van der Waals surface area (Å²) in [6, 6.07) is 4.06. The van der Waals surface area contributed by atoms with Gasteiger partial charge in [-0.15, -0.1) is 11.8 Å². The summed E-state index contributed by atoms with van der Waals surface area (Å²) in [5.41, 5.74) is 1.08. The molecule has 2 heterocycles. The molecule has 1 aromatic heterocycles. The average molecular weight is 386 g/mol. The minimum Gasteiger partial charge on any atom is -0.339 e. The predicted octanol–water partition coefficient (Wildman–Crippen LogP) is 3.02. The van der Waals surface area contributed by atoms with Gasteiger partial charge in [0.25, 0.3) is 0 Å². The molecule has 0 radical (unpaired) electrons. The molecular weight excluding hydrogens is 362 g/mol. The molecule has 0 aliphatic carbocycles. The normalized spacial score (nSPS) is 16.8. The number of piperazine rings is 1. The highest BCUT2D eigenvalue weighted by Gasteiger charge is 2.22. The van der Waals surface area contributed by atoms with Crippen LogP contribution < -0.4 is 0 Å².